The predicted octanol–water partition coefficient (Wildman–Crippen LogP) is 1.92. The number of nitrogens with zero attached hydrogens (tertiary/aromatic N) is 1. The smallest absolute Gasteiger partial charge is 0.286 e. The zero-order chi connectivity index (χ0) is 17.1. The maximum absolute atomic E-state index is 12.1. The molecule has 0 bridgehead atoms. The monoisotopic (exact) mass is 348 g/mol. The van der Waals surface area contributed by atoms with Crippen LogP contribution in [0.2, 0.25) is 0 Å². The van der Waals surface area contributed by atoms with Crippen LogP contribution in [0.3, 0.4) is 0 Å². The van der Waals surface area contributed by atoms with E-state index >= 15 is 0 Å². The number of carbonyl (C=O) groups is 1. The molecule has 4 rings (SSSR count). The molecular weight excluding hydrogens is 320 g/mol. The van der Waals surface area contributed by atoms with Gasteiger partial charge in [0.1, 0.15) is 0 Å². The van der Waals surface area contributed by atoms with E-state index in [0.717, 1.165) is 45.1 Å². The van der Waals surface area contributed by atoms with Gasteiger partial charge in [-0.25, -0.2) is 0 Å². The second-order valence-corrected chi connectivity index (χ2v) is 7.48. The molecule has 25 heavy (non-hydrogen) atoms. The van der Waals surface area contributed by atoms with Crippen LogP contribution in [0.25, 0.3) is 0 Å². The first-order valence-corrected chi connectivity index (χ1v) is 9.56. The molecule has 1 aliphatic carbocycles. The number of rotatable bonds is 5. The number of ether oxygens (including phenoxy) is 2. The highest BCUT2D eigenvalue weighted by atomic mass is 16.5. The number of furan rings is 1. The van der Waals surface area contributed by atoms with Crippen LogP contribution in [0.1, 0.15) is 36.2 Å². The summed E-state index contributed by atoms with van der Waals surface area (Å²) in [5.74, 6) is 1.38. The molecule has 1 aromatic rings. The topological polar surface area (TPSA) is 63.9 Å². The predicted molar refractivity (Wildman–Crippen MR) is 92.4 cm³/mol. The van der Waals surface area contributed by atoms with Gasteiger partial charge in [0.15, 0.2) is 5.76 Å². The summed E-state index contributed by atoms with van der Waals surface area (Å²) < 4.78 is 16.8. The molecule has 1 N–H and O–H groups in total. The van der Waals surface area contributed by atoms with Crippen LogP contribution in [0.15, 0.2) is 22.8 Å². The summed E-state index contributed by atoms with van der Waals surface area (Å²) in [6.45, 7) is 5.47. The molecule has 2 aliphatic heterocycles. The molecule has 0 radical (unpaired) electrons. The summed E-state index contributed by atoms with van der Waals surface area (Å²) >= 11 is 0. The molecule has 1 amide bonds. The number of amides is 1. The lowest BCUT2D eigenvalue weighted by Gasteiger charge is -2.41. The number of hydrogen-bond acceptors (Lipinski definition) is 5. The molecule has 1 saturated carbocycles. The molecule has 3 fully saturated rings. The Morgan fingerprint density at radius 3 is 2.88 bits per heavy atom. The van der Waals surface area contributed by atoms with Crippen molar-refractivity contribution in [2.45, 2.75) is 37.8 Å². The van der Waals surface area contributed by atoms with E-state index in [0.29, 0.717) is 24.3 Å². The number of hydrogen-bond donors (Lipinski definition) is 1. The van der Waals surface area contributed by atoms with Crippen molar-refractivity contribution in [1.82, 2.24) is 10.2 Å². The summed E-state index contributed by atoms with van der Waals surface area (Å²) in [6, 6.07) is 3.93. The van der Waals surface area contributed by atoms with Gasteiger partial charge < -0.3 is 19.2 Å². The first-order chi connectivity index (χ1) is 12.3. The fraction of sp³-hybridized carbons (Fsp3) is 0.737. The molecule has 138 valence electrons. The van der Waals surface area contributed by atoms with Gasteiger partial charge >= 0.3 is 0 Å². The lowest BCUT2D eigenvalue weighted by Crippen LogP contribution is -2.52. The Kier molecular flexibility index (Phi) is 5.39. The SMILES string of the molecule is O=C(NC[C@@H]1CC[C@H]2[C@H]1OCCN2CC1CCOCC1)c1ccco1. The molecule has 3 aliphatic rings. The van der Waals surface area contributed by atoms with Gasteiger partial charge in [-0.15, -0.1) is 0 Å². The summed E-state index contributed by atoms with van der Waals surface area (Å²) in [4.78, 5) is 14.7. The van der Waals surface area contributed by atoms with E-state index < -0.39 is 0 Å². The Labute approximate surface area is 148 Å². The Balaban J connectivity index is 1.30. The van der Waals surface area contributed by atoms with Gasteiger partial charge in [0, 0.05) is 44.8 Å². The normalized spacial score (nSPS) is 31.0. The zero-order valence-corrected chi connectivity index (χ0v) is 14.7. The van der Waals surface area contributed by atoms with Crippen molar-refractivity contribution in [2.24, 2.45) is 11.8 Å². The fourth-order valence-electron chi connectivity index (χ4n) is 4.56. The van der Waals surface area contributed by atoms with Crippen LogP contribution in [-0.4, -0.2) is 62.4 Å². The third kappa shape index (κ3) is 3.91. The van der Waals surface area contributed by atoms with Crippen LogP contribution in [0, 0.1) is 11.8 Å². The first kappa shape index (κ1) is 17.1. The minimum absolute atomic E-state index is 0.136. The summed E-state index contributed by atoms with van der Waals surface area (Å²) in [5.41, 5.74) is 0. The Hall–Kier alpha value is -1.37. The van der Waals surface area contributed by atoms with Crippen LogP contribution < -0.4 is 5.32 Å². The number of nitrogens with one attached hydrogen (secondary N) is 1. The second kappa shape index (κ2) is 7.89. The van der Waals surface area contributed by atoms with E-state index in [1.165, 1.54) is 25.6 Å². The third-order valence-electron chi connectivity index (χ3n) is 5.94. The Bertz CT molecular complexity index is 556. The minimum Gasteiger partial charge on any atom is -0.459 e. The van der Waals surface area contributed by atoms with Crippen molar-refractivity contribution in [3.05, 3.63) is 24.2 Å². The Morgan fingerprint density at radius 2 is 2.08 bits per heavy atom. The van der Waals surface area contributed by atoms with E-state index in [2.05, 4.69) is 10.2 Å². The average Bonchev–Trinajstić information content (AvgIpc) is 3.31. The standard InChI is InChI=1S/C19H28N2O4/c22-19(17-2-1-8-24-17)20-12-15-3-4-16-18(15)25-11-7-21(16)13-14-5-9-23-10-6-14/h1-2,8,14-16,18H,3-7,9-13H2,(H,20,22)/t15-,16-,18-/m0/s1. The van der Waals surface area contributed by atoms with Crippen molar-refractivity contribution in [3.63, 3.8) is 0 Å². The summed E-state index contributed by atoms with van der Waals surface area (Å²) in [6.07, 6.45) is 6.39. The van der Waals surface area contributed by atoms with Crippen molar-refractivity contribution in [2.75, 3.05) is 39.5 Å². The lowest BCUT2D eigenvalue weighted by atomic mass is 9.97. The van der Waals surface area contributed by atoms with Gasteiger partial charge in [-0.05, 0) is 43.7 Å². The molecule has 0 unspecified atom stereocenters. The highest BCUT2D eigenvalue weighted by Crippen LogP contribution is 2.35. The van der Waals surface area contributed by atoms with Crippen LogP contribution in [0.5, 0.6) is 0 Å². The molecule has 0 spiro atoms. The highest BCUT2D eigenvalue weighted by molar-refractivity contribution is 5.91. The molecule has 3 atom stereocenters. The van der Waals surface area contributed by atoms with E-state index in [9.17, 15) is 4.79 Å². The van der Waals surface area contributed by atoms with E-state index in [-0.39, 0.29) is 12.0 Å². The molecule has 0 aromatic carbocycles. The van der Waals surface area contributed by atoms with E-state index in [1.54, 1.807) is 12.1 Å². The van der Waals surface area contributed by atoms with E-state index in [1.807, 2.05) is 0 Å². The Morgan fingerprint density at radius 1 is 1.20 bits per heavy atom. The molecule has 3 heterocycles. The molecule has 2 saturated heterocycles. The number of fused-ring (bicyclic) bond motifs is 1. The number of carbonyl (C=O) groups excluding carboxylic acids is 1. The quantitative estimate of drug-likeness (QED) is 0.881. The van der Waals surface area contributed by atoms with Crippen LogP contribution in [0.4, 0.5) is 0 Å². The third-order valence-corrected chi connectivity index (χ3v) is 5.94. The van der Waals surface area contributed by atoms with Crippen molar-refractivity contribution < 1.29 is 18.7 Å². The van der Waals surface area contributed by atoms with Crippen molar-refractivity contribution in [1.29, 1.82) is 0 Å². The van der Waals surface area contributed by atoms with Gasteiger partial charge in [-0.1, -0.05) is 0 Å². The van der Waals surface area contributed by atoms with Crippen molar-refractivity contribution >= 4 is 5.91 Å². The zero-order valence-electron chi connectivity index (χ0n) is 14.7. The molecule has 1 aromatic heterocycles. The van der Waals surface area contributed by atoms with Gasteiger partial charge in [0.2, 0.25) is 0 Å². The first-order valence-electron chi connectivity index (χ1n) is 9.56. The second-order valence-electron chi connectivity index (χ2n) is 7.48. The molecular formula is C19H28N2O4. The lowest BCUT2D eigenvalue weighted by molar-refractivity contribution is -0.0809. The minimum atomic E-state index is -0.136. The largest absolute Gasteiger partial charge is 0.459 e. The van der Waals surface area contributed by atoms with Crippen molar-refractivity contribution in [3.8, 4) is 0 Å². The fourth-order valence-corrected chi connectivity index (χ4v) is 4.56. The van der Waals surface area contributed by atoms with Crippen LogP contribution >= 0.6 is 0 Å². The van der Waals surface area contributed by atoms with E-state index in [4.69, 9.17) is 13.9 Å². The maximum atomic E-state index is 12.1. The molecule has 6 heteroatoms. The molecule has 6 nitrogen and oxygen atoms in total. The number of morpholine rings is 1. The van der Waals surface area contributed by atoms with Crippen LogP contribution in [-0.2, 0) is 9.47 Å². The highest BCUT2D eigenvalue weighted by Gasteiger charge is 2.43. The maximum Gasteiger partial charge on any atom is 0.286 e. The summed E-state index contributed by atoms with van der Waals surface area (Å²) in [5, 5.41) is 3.01. The average molecular weight is 348 g/mol. The van der Waals surface area contributed by atoms with Gasteiger partial charge in [0.25, 0.3) is 5.91 Å². The summed E-state index contributed by atoms with van der Waals surface area (Å²) in [7, 11) is 0. The van der Waals surface area contributed by atoms with Gasteiger partial charge in [0.05, 0.1) is 19.0 Å². The van der Waals surface area contributed by atoms with Gasteiger partial charge in [-0.3, -0.25) is 9.69 Å². The van der Waals surface area contributed by atoms with Gasteiger partial charge in [-0.2, -0.15) is 0 Å².